The molecule has 18 heteroatoms. The van der Waals surface area contributed by atoms with Crippen molar-refractivity contribution in [2.45, 2.75) is 0 Å². The summed E-state index contributed by atoms with van der Waals surface area (Å²) >= 11 is 0. The molecule has 0 atom stereocenters. The van der Waals surface area contributed by atoms with Crippen LogP contribution >= 0.6 is 0 Å². The molecule has 294 valence electrons. The Hall–Kier alpha value is -5.80. The van der Waals surface area contributed by atoms with Gasteiger partial charge in [-0.1, -0.05) is 67.9 Å². The van der Waals surface area contributed by atoms with Crippen LogP contribution in [-0.4, -0.2) is 79.7 Å². The van der Waals surface area contributed by atoms with Gasteiger partial charge in [0.25, 0.3) is 0 Å². The van der Waals surface area contributed by atoms with Crippen LogP contribution in [-0.2, 0) is 53.5 Å². The van der Waals surface area contributed by atoms with Gasteiger partial charge < -0.3 is 58.7 Å². The van der Waals surface area contributed by atoms with Gasteiger partial charge in [-0.15, -0.1) is 0 Å². The number of benzene rings is 4. The van der Waals surface area contributed by atoms with Crippen LogP contribution in [0.25, 0.3) is 0 Å². The molecule has 4 rings (SSSR count). The first kappa shape index (κ1) is 46.2. The maximum absolute atomic E-state index is 11.6. The smallest absolute Gasteiger partial charge is 0.872 e. The predicted molar refractivity (Wildman–Crippen MR) is 184 cm³/mol. The van der Waals surface area contributed by atoms with E-state index in [-0.39, 0.29) is 83.6 Å². The van der Waals surface area contributed by atoms with Crippen molar-refractivity contribution in [3.63, 3.8) is 0 Å². The van der Waals surface area contributed by atoms with Gasteiger partial charge in [-0.3, -0.25) is 0 Å². The van der Waals surface area contributed by atoms with Crippen LogP contribution in [0.3, 0.4) is 0 Å². The van der Waals surface area contributed by atoms with Gasteiger partial charge in [0.05, 0.1) is 53.3 Å². The minimum absolute atomic E-state index is 0. The zero-order chi connectivity index (χ0) is 37.6. The van der Waals surface area contributed by atoms with Gasteiger partial charge in [0.1, 0.15) is 23.0 Å². The monoisotopic (exact) mass is 842 g/mol. The average molecular weight is 844 g/mol. The summed E-state index contributed by atoms with van der Waals surface area (Å²) in [4.78, 5) is 20.0. The first-order valence-electron chi connectivity index (χ1n) is 15.3. The molecule has 2 radical (unpaired) electrons. The molecular weight excluding hydrogens is 808 g/mol. The Morgan fingerprint density at radius 3 is 0.778 bits per heavy atom. The number of hydrogen-bond acceptors (Lipinski definition) is 16. The summed E-state index contributed by atoms with van der Waals surface area (Å²) in [5, 5.41) is 61.2. The second-order valence-electron chi connectivity index (χ2n) is 9.89. The Morgan fingerprint density at radius 1 is 0.389 bits per heavy atom. The van der Waals surface area contributed by atoms with Gasteiger partial charge in [0, 0.05) is 0 Å². The van der Waals surface area contributed by atoms with Crippen molar-refractivity contribution in [1.29, 1.82) is 0 Å². The number of nitrogens with zero attached hydrogens (tertiary/aromatic N) is 4. The molecular formula is C36H36Cu2N4O12. The molecule has 0 aliphatic carbocycles. The Bertz CT molecular complexity index is 1560. The summed E-state index contributed by atoms with van der Waals surface area (Å²) in [5.74, 6) is 1.46. The molecule has 0 heterocycles. The molecule has 16 nitrogen and oxygen atoms in total. The third-order valence-electron chi connectivity index (χ3n) is 6.46. The van der Waals surface area contributed by atoms with E-state index < -0.39 is 0 Å². The van der Waals surface area contributed by atoms with Gasteiger partial charge >= 0.3 is 34.1 Å². The summed E-state index contributed by atoms with van der Waals surface area (Å²) in [7, 11) is 6.04. The fraction of sp³-hybridized carbons (Fsp3) is 0.222. The molecule has 0 bridgehead atoms. The number of rotatable bonds is 18. The first-order chi connectivity index (χ1) is 25.3. The second kappa shape index (κ2) is 26.0. The Balaban J connectivity index is 0.000000521. The largest absolute Gasteiger partial charge is 2.00 e. The first-order valence-corrected chi connectivity index (χ1v) is 15.3. The SMILES string of the molecule is COc1ccc([O-])c(/C=N/OCCO/N=C/c2cc(OC)ccc2[O-])c1.COc1ccc([O-])c(/C=N/OCCO/N=C/c2cc(OC)ccc2[O-])c1.[Cu+2].[Cu+2]. The molecule has 54 heavy (non-hydrogen) atoms. The summed E-state index contributed by atoms with van der Waals surface area (Å²) in [6.07, 6.45) is 5.20. The predicted octanol–water partition coefficient (Wildman–Crippen LogP) is 2.50. The quantitative estimate of drug-likeness (QED) is 0.0612. The number of ether oxygens (including phenoxy) is 4. The van der Waals surface area contributed by atoms with Gasteiger partial charge in [-0.05, 0) is 70.8 Å². The van der Waals surface area contributed by atoms with E-state index in [0.29, 0.717) is 45.3 Å². The Kier molecular flexibility index (Phi) is 22.3. The molecule has 0 spiro atoms. The van der Waals surface area contributed by atoms with Crippen molar-refractivity contribution >= 4 is 24.9 Å². The van der Waals surface area contributed by atoms with Crippen molar-refractivity contribution in [3.05, 3.63) is 95.1 Å². The molecule has 4 aromatic carbocycles. The maximum Gasteiger partial charge on any atom is 2.00 e. The number of oxime groups is 4. The third kappa shape index (κ3) is 16.3. The number of hydrogen-bond donors (Lipinski definition) is 0. The van der Waals surface area contributed by atoms with E-state index in [1.54, 1.807) is 48.5 Å². The van der Waals surface area contributed by atoms with Gasteiger partial charge in [-0.25, -0.2) is 0 Å². The van der Waals surface area contributed by atoms with Crippen molar-refractivity contribution < 1.29 is 92.9 Å². The Morgan fingerprint density at radius 2 is 0.593 bits per heavy atom. The van der Waals surface area contributed by atoms with E-state index in [1.165, 1.54) is 77.6 Å². The molecule has 0 aliphatic rings. The molecule has 0 saturated carbocycles. The fourth-order valence-electron chi connectivity index (χ4n) is 3.75. The van der Waals surface area contributed by atoms with Crippen LogP contribution in [0.1, 0.15) is 22.3 Å². The van der Waals surface area contributed by atoms with E-state index in [4.69, 9.17) is 38.3 Å². The molecule has 0 N–H and O–H groups in total. The molecule has 0 aliphatic heterocycles. The van der Waals surface area contributed by atoms with E-state index in [2.05, 4.69) is 20.6 Å². The van der Waals surface area contributed by atoms with E-state index in [1.807, 2.05) is 0 Å². The topological polar surface area (TPSA) is 216 Å². The van der Waals surface area contributed by atoms with Crippen LogP contribution in [0.15, 0.2) is 93.4 Å². The number of methoxy groups -OCH3 is 4. The van der Waals surface area contributed by atoms with Crippen molar-refractivity contribution in [1.82, 2.24) is 0 Å². The second-order valence-corrected chi connectivity index (χ2v) is 9.89. The van der Waals surface area contributed by atoms with Crippen molar-refractivity contribution in [2.24, 2.45) is 20.6 Å². The van der Waals surface area contributed by atoms with Crippen LogP contribution in [0.2, 0.25) is 0 Å². The van der Waals surface area contributed by atoms with Crippen LogP contribution in [0.4, 0.5) is 0 Å². The van der Waals surface area contributed by atoms with Gasteiger partial charge in [-0.2, -0.15) is 0 Å². The third-order valence-corrected chi connectivity index (χ3v) is 6.46. The van der Waals surface area contributed by atoms with Crippen molar-refractivity contribution in [2.75, 3.05) is 54.9 Å². The van der Waals surface area contributed by atoms with Crippen molar-refractivity contribution in [3.8, 4) is 46.0 Å². The minimum Gasteiger partial charge on any atom is -0.872 e. The molecule has 0 saturated heterocycles. The zero-order valence-electron chi connectivity index (χ0n) is 29.4. The summed E-state index contributed by atoms with van der Waals surface area (Å²) in [5.41, 5.74) is 1.40. The summed E-state index contributed by atoms with van der Waals surface area (Å²) < 4.78 is 20.1. The normalized spacial score (nSPS) is 10.6. The Labute approximate surface area is 333 Å². The average Bonchev–Trinajstić information content (AvgIpc) is 3.16. The fourth-order valence-corrected chi connectivity index (χ4v) is 3.75. The molecule has 4 aromatic rings. The summed E-state index contributed by atoms with van der Waals surface area (Å²) in [6, 6.07) is 18.1. The molecule has 0 aromatic heterocycles. The standard InChI is InChI=1S/2C18H20N2O6.2Cu/c2*1-23-15-3-5-17(21)13(9-15)11-19-25-7-8-26-20-12-14-10-16(24-2)4-6-18(14)22;;/h2*3-6,9-12,21-22H,7-8H2,1-2H3;;/q;;2*+2/p-4/b2*19-11+,20-12+;;. The van der Waals surface area contributed by atoms with E-state index >= 15 is 0 Å². The van der Waals surface area contributed by atoms with Crippen LogP contribution in [0, 0.1) is 0 Å². The maximum atomic E-state index is 11.6. The minimum atomic E-state index is -0.189. The molecule has 0 amide bonds. The van der Waals surface area contributed by atoms with Gasteiger partial charge in [0.15, 0.2) is 26.4 Å². The zero-order valence-corrected chi connectivity index (χ0v) is 31.2. The van der Waals surface area contributed by atoms with Gasteiger partial charge in [0.2, 0.25) is 0 Å². The summed E-state index contributed by atoms with van der Waals surface area (Å²) in [6.45, 7) is 0.478. The van der Waals surface area contributed by atoms with Crippen LogP contribution in [0.5, 0.6) is 46.0 Å². The van der Waals surface area contributed by atoms with E-state index in [0.717, 1.165) is 0 Å². The molecule has 0 unspecified atom stereocenters. The van der Waals surface area contributed by atoms with Crippen LogP contribution < -0.4 is 39.4 Å². The van der Waals surface area contributed by atoms with E-state index in [9.17, 15) is 20.4 Å². The molecule has 0 fully saturated rings.